The number of halogens is 1. The second kappa shape index (κ2) is 6.60. The van der Waals surface area contributed by atoms with E-state index in [-0.39, 0.29) is 5.91 Å². The van der Waals surface area contributed by atoms with Crippen LogP contribution in [0.25, 0.3) is 0 Å². The van der Waals surface area contributed by atoms with Gasteiger partial charge in [0.05, 0.1) is 17.8 Å². The molecule has 1 aromatic heterocycles. The number of hydrogen-bond donors (Lipinski definition) is 2. The van der Waals surface area contributed by atoms with Crippen LogP contribution in [0.1, 0.15) is 18.5 Å². The molecule has 0 bridgehead atoms. The molecule has 2 rings (SSSR count). The van der Waals surface area contributed by atoms with Gasteiger partial charge in [0, 0.05) is 24.5 Å². The molecular weight excluding hydrogens is 292 g/mol. The molecule has 1 heterocycles. The Kier molecular flexibility index (Phi) is 4.82. The number of carbonyl (C=O) groups excluding carboxylic acids is 1. The number of nitrogens with one attached hydrogen (secondary N) is 1. The number of carbonyl (C=O) groups is 1. The number of amides is 1. The summed E-state index contributed by atoms with van der Waals surface area (Å²) >= 11 is 6.07. The van der Waals surface area contributed by atoms with Gasteiger partial charge in [-0.05, 0) is 25.1 Å². The molecular formula is C14H17ClN4O2. The van der Waals surface area contributed by atoms with Crippen molar-refractivity contribution in [2.24, 2.45) is 12.8 Å². The lowest BCUT2D eigenvalue weighted by Gasteiger charge is -2.12. The van der Waals surface area contributed by atoms with E-state index in [1.165, 1.54) is 0 Å². The molecule has 0 spiro atoms. The van der Waals surface area contributed by atoms with Gasteiger partial charge in [-0.3, -0.25) is 9.48 Å². The highest BCUT2D eigenvalue weighted by atomic mass is 35.5. The fraction of sp³-hybridized carbons (Fsp3) is 0.286. The SMILES string of the molecule is CCOc1ccc(NC(=O)C(N)c2cnn(C)c2)cc1Cl. The molecule has 0 aliphatic rings. The van der Waals surface area contributed by atoms with E-state index in [2.05, 4.69) is 10.4 Å². The predicted octanol–water partition coefficient (Wildman–Crippen LogP) is 2.11. The topological polar surface area (TPSA) is 82.2 Å². The molecule has 0 aliphatic carbocycles. The Morgan fingerprint density at radius 2 is 2.33 bits per heavy atom. The summed E-state index contributed by atoms with van der Waals surface area (Å²) in [5, 5.41) is 7.15. The van der Waals surface area contributed by atoms with Gasteiger partial charge in [-0.15, -0.1) is 0 Å². The highest BCUT2D eigenvalue weighted by Crippen LogP contribution is 2.28. The molecule has 1 atom stereocenters. The molecule has 1 unspecified atom stereocenters. The van der Waals surface area contributed by atoms with Gasteiger partial charge < -0.3 is 15.8 Å². The maximum atomic E-state index is 12.1. The summed E-state index contributed by atoms with van der Waals surface area (Å²) in [5.41, 5.74) is 7.10. The van der Waals surface area contributed by atoms with Crippen LogP contribution in [0.15, 0.2) is 30.6 Å². The number of nitrogens with two attached hydrogens (primary N) is 1. The predicted molar refractivity (Wildman–Crippen MR) is 81.4 cm³/mol. The van der Waals surface area contributed by atoms with Crippen LogP contribution in [0.5, 0.6) is 5.75 Å². The van der Waals surface area contributed by atoms with E-state index in [9.17, 15) is 4.79 Å². The summed E-state index contributed by atoms with van der Waals surface area (Å²) in [6.07, 6.45) is 3.27. The summed E-state index contributed by atoms with van der Waals surface area (Å²) in [7, 11) is 1.76. The first-order valence-corrected chi connectivity index (χ1v) is 6.86. The zero-order valence-corrected chi connectivity index (χ0v) is 12.6. The van der Waals surface area contributed by atoms with Crippen LogP contribution in [0.3, 0.4) is 0 Å². The van der Waals surface area contributed by atoms with E-state index in [4.69, 9.17) is 22.1 Å². The van der Waals surface area contributed by atoms with Crippen molar-refractivity contribution in [1.82, 2.24) is 9.78 Å². The molecule has 0 radical (unpaired) electrons. The number of benzene rings is 1. The average Bonchev–Trinajstić information content (AvgIpc) is 2.87. The van der Waals surface area contributed by atoms with Crippen molar-refractivity contribution in [2.75, 3.05) is 11.9 Å². The minimum Gasteiger partial charge on any atom is -0.492 e. The highest BCUT2D eigenvalue weighted by molar-refractivity contribution is 6.32. The second-order valence-corrected chi connectivity index (χ2v) is 4.90. The fourth-order valence-corrected chi connectivity index (χ4v) is 2.06. The van der Waals surface area contributed by atoms with E-state index in [0.29, 0.717) is 28.6 Å². The van der Waals surface area contributed by atoms with Crippen molar-refractivity contribution in [3.8, 4) is 5.75 Å². The van der Waals surface area contributed by atoms with Crippen molar-refractivity contribution in [2.45, 2.75) is 13.0 Å². The van der Waals surface area contributed by atoms with Crippen LogP contribution in [0, 0.1) is 0 Å². The molecule has 2 aromatic rings. The molecule has 7 heteroatoms. The maximum Gasteiger partial charge on any atom is 0.246 e. The Hall–Kier alpha value is -2.05. The lowest BCUT2D eigenvalue weighted by molar-refractivity contribution is -0.117. The van der Waals surface area contributed by atoms with Gasteiger partial charge in [-0.1, -0.05) is 11.6 Å². The Balaban J connectivity index is 2.07. The van der Waals surface area contributed by atoms with Gasteiger partial charge in [0.2, 0.25) is 5.91 Å². The van der Waals surface area contributed by atoms with Crippen molar-refractivity contribution in [3.05, 3.63) is 41.2 Å². The number of hydrogen-bond acceptors (Lipinski definition) is 4. The summed E-state index contributed by atoms with van der Waals surface area (Å²) in [4.78, 5) is 12.1. The third-order valence-electron chi connectivity index (χ3n) is 2.87. The average molecular weight is 309 g/mol. The third kappa shape index (κ3) is 3.74. The number of nitrogens with zero attached hydrogens (tertiary/aromatic N) is 2. The van der Waals surface area contributed by atoms with E-state index in [0.717, 1.165) is 0 Å². The molecule has 0 saturated carbocycles. The summed E-state index contributed by atoms with van der Waals surface area (Å²) in [5.74, 6) is 0.247. The Bertz CT molecular complexity index is 642. The largest absolute Gasteiger partial charge is 0.492 e. The Morgan fingerprint density at radius 3 is 2.90 bits per heavy atom. The quantitative estimate of drug-likeness (QED) is 0.886. The van der Waals surface area contributed by atoms with Crippen LogP contribution in [-0.2, 0) is 11.8 Å². The third-order valence-corrected chi connectivity index (χ3v) is 3.16. The molecule has 0 fully saturated rings. The maximum absolute atomic E-state index is 12.1. The molecule has 112 valence electrons. The van der Waals surface area contributed by atoms with Crippen molar-refractivity contribution in [1.29, 1.82) is 0 Å². The molecule has 1 aromatic carbocycles. The van der Waals surface area contributed by atoms with E-state index in [1.807, 2.05) is 6.92 Å². The van der Waals surface area contributed by atoms with E-state index < -0.39 is 6.04 Å². The zero-order valence-electron chi connectivity index (χ0n) is 11.8. The number of aryl methyl sites for hydroxylation is 1. The van der Waals surface area contributed by atoms with Crippen LogP contribution >= 0.6 is 11.6 Å². The van der Waals surface area contributed by atoms with Gasteiger partial charge >= 0.3 is 0 Å². The standard InChI is InChI=1S/C14H17ClN4O2/c1-3-21-12-5-4-10(6-11(12)15)18-14(20)13(16)9-7-17-19(2)8-9/h4-8,13H,3,16H2,1-2H3,(H,18,20). The summed E-state index contributed by atoms with van der Waals surface area (Å²) < 4.78 is 6.93. The first-order chi connectivity index (χ1) is 10.0. The number of aromatic nitrogens is 2. The monoisotopic (exact) mass is 308 g/mol. The fourth-order valence-electron chi connectivity index (χ4n) is 1.82. The number of rotatable bonds is 5. The highest BCUT2D eigenvalue weighted by Gasteiger charge is 2.17. The minimum absolute atomic E-state index is 0.330. The smallest absolute Gasteiger partial charge is 0.246 e. The minimum atomic E-state index is -0.788. The normalized spacial score (nSPS) is 12.0. The van der Waals surface area contributed by atoms with Crippen LogP contribution < -0.4 is 15.8 Å². The number of anilines is 1. The van der Waals surface area contributed by atoms with Crippen molar-refractivity contribution in [3.63, 3.8) is 0 Å². The second-order valence-electron chi connectivity index (χ2n) is 4.49. The van der Waals surface area contributed by atoms with Crippen molar-refractivity contribution >= 4 is 23.2 Å². The van der Waals surface area contributed by atoms with Gasteiger partial charge in [0.1, 0.15) is 11.8 Å². The Morgan fingerprint density at radius 1 is 1.57 bits per heavy atom. The van der Waals surface area contributed by atoms with Gasteiger partial charge in [0.25, 0.3) is 0 Å². The molecule has 0 aliphatic heterocycles. The molecule has 3 N–H and O–H groups in total. The van der Waals surface area contributed by atoms with Crippen LogP contribution in [0.2, 0.25) is 5.02 Å². The first-order valence-electron chi connectivity index (χ1n) is 6.48. The van der Waals surface area contributed by atoms with Crippen LogP contribution in [-0.4, -0.2) is 22.3 Å². The lowest BCUT2D eigenvalue weighted by atomic mass is 10.1. The first kappa shape index (κ1) is 15.3. The molecule has 1 amide bonds. The van der Waals surface area contributed by atoms with E-state index >= 15 is 0 Å². The zero-order chi connectivity index (χ0) is 15.4. The van der Waals surface area contributed by atoms with E-state index in [1.54, 1.807) is 42.3 Å². The summed E-state index contributed by atoms with van der Waals surface area (Å²) in [6.45, 7) is 2.40. The van der Waals surface area contributed by atoms with Crippen LogP contribution in [0.4, 0.5) is 5.69 Å². The molecule has 0 saturated heterocycles. The van der Waals surface area contributed by atoms with Gasteiger partial charge in [-0.2, -0.15) is 5.10 Å². The van der Waals surface area contributed by atoms with Gasteiger partial charge in [0.15, 0.2) is 0 Å². The Labute approximate surface area is 127 Å². The van der Waals surface area contributed by atoms with Crippen molar-refractivity contribution < 1.29 is 9.53 Å². The summed E-state index contributed by atoms with van der Waals surface area (Å²) in [6, 6.07) is 4.26. The lowest BCUT2D eigenvalue weighted by Crippen LogP contribution is -2.27. The molecule has 21 heavy (non-hydrogen) atoms. The van der Waals surface area contributed by atoms with Gasteiger partial charge in [-0.25, -0.2) is 0 Å². The molecule has 6 nitrogen and oxygen atoms in total. The number of ether oxygens (including phenoxy) is 1.